The van der Waals surface area contributed by atoms with E-state index in [2.05, 4.69) is 6.92 Å². The summed E-state index contributed by atoms with van der Waals surface area (Å²) in [5.41, 5.74) is -1.34. The maximum absolute atomic E-state index is 14.1. The third-order valence-corrected chi connectivity index (χ3v) is 11.0. The van der Waals surface area contributed by atoms with Crippen molar-refractivity contribution in [1.29, 1.82) is 0 Å². The van der Waals surface area contributed by atoms with E-state index in [4.69, 9.17) is 28.7 Å². The van der Waals surface area contributed by atoms with Crippen molar-refractivity contribution in [1.82, 2.24) is 9.80 Å². The van der Waals surface area contributed by atoms with Crippen LogP contribution in [0.5, 0.6) is 0 Å². The number of hydrogen-bond acceptors (Lipinski definition) is 11. The smallest absolute Gasteiger partial charge is 0.411 e. The lowest BCUT2D eigenvalue weighted by Gasteiger charge is -2.47. The van der Waals surface area contributed by atoms with Gasteiger partial charge in [0.25, 0.3) is 0 Å². The summed E-state index contributed by atoms with van der Waals surface area (Å²) < 4.78 is 31.2. The van der Waals surface area contributed by atoms with E-state index in [0.717, 1.165) is 5.71 Å². The van der Waals surface area contributed by atoms with Crippen LogP contribution in [0.1, 0.15) is 81.6 Å². The van der Waals surface area contributed by atoms with Gasteiger partial charge in [-0.2, -0.15) is 0 Å². The molecule has 0 aromatic carbocycles. The maximum atomic E-state index is 14.1. The van der Waals surface area contributed by atoms with Crippen molar-refractivity contribution < 1.29 is 43.2 Å². The number of likely N-dealkylation sites (N-methyl/N-ethyl adjacent to an activating group) is 1. The molecule has 46 heavy (non-hydrogen) atoms. The fourth-order valence-electron chi connectivity index (χ4n) is 8.50. The fourth-order valence-corrected chi connectivity index (χ4v) is 8.50. The van der Waals surface area contributed by atoms with E-state index < -0.39 is 65.7 Å². The molecule has 0 spiro atoms. The standard InChI is InChI=1S/C34H57N3O9/c1-13-24-34(9)28-20(5)25(35-18(3)16-37(28)32(41)46-34)17(2)15-33(8,42-12)29(21(6)26(38)22(7)30(40)44-24)45-31-27(39)23(36(10)11)14-19(4)43-31/h17-24,27-29,31,39H,13-16H2,1-12H3/t17-,18+,19-,20-,21+,22-,23+,24+,27-,28-,29+,31+,33+,34-/m1/s1. The zero-order chi connectivity index (χ0) is 34.5. The van der Waals surface area contributed by atoms with Gasteiger partial charge in [0.05, 0.1) is 29.9 Å². The second-order valence-corrected chi connectivity index (χ2v) is 14.8. The number of hydrogen-bond donors (Lipinski definition) is 1. The third kappa shape index (κ3) is 6.61. The van der Waals surface area contributed by atoms with E-state index in [0.29, 0.717) is 25.8 Å². The van der Waals surface area contributed by atoms with Crippen molar-refractivity contribution in [3.63, 3.8) is 0 Å². The molecule has 1 amide bonds. The number of nitrogens with zero attached hydrogens (tertiary/aromatic N) is 3. The lowest BCUT2D eigenvalue weighted by Crippen LogP contribution is -2.60. The molecule has 4 aliphatic rings. The highest BCUT2D eigenvalue weighted by molar-refractivity contribution is 6.00. The van der Waals surface area contributed by atoms with Gasteiger partial charge in [-0.1, -0.05) is 27.7 Å². The second kappa shape index (κ2) is 13.8. The number of cyclic esters (lactones) is 1. The quantitative estimate of drug-likeness (QED) is 0.348. The highest BCUT2D eigenvalue weighted by Crippen LogP contribution is 2.44. The molecular weight excluding hydrogens is 594 g/mol. The van der Waals surface area contributed by atoms with Crippen molar-refractivity contribution >= 4 is 23.6 Å². The molecule has 1 N–H and O–H groups in total. The fraction of sp³-hybridized carbons (Fsp3) is 0.882. The van der Waals surface area contributed by atoms with E-state index in [1.807, 2.05) is 60.5 Å². The highest BCUT2D eigenvalue weighted by atomic mass is 16.7. The van der Waals surface area contributed by atoms with Crippen LogP contribution in [-0.4, -0.2) is 126 Å². The monoisotopic (exact) mass is 651 g/mol. The molecule has 12 nitrogen and oxygen atoms in total. The van der Waals surface area contributed by atoms with Crippen LogP contribution in [0, 0.1) is 23.7 Å². The first kappa shape index (κ1) is 36.7. The molecule has 0 aromatic heterocycles. The Morgan fingerprint density at radius 2 is 1.72 bits per heavy atom. The van der Waals surface area contributed by atoms with Gasteiger partial charge >= 0.3 is 12.1 Å². The summed E-state index contributed by atoms with van der Waals surface area (Å²) in [5, 5.41) is 11.4. The van der Waals surface area contributed by atoms with Gasteiger partial charge in [0, 0.05) is 37.2 Å². The van der Waals surface area contributed by atoms with Crippen molar-refractivity contribution in [3.05, 3.63) is 0 Å². The molecule has 0 aliphatic carbocycles. The van der Waals surface area contributed by atoms with Crippen LogP contribution in [0.4, 0.5) is 4.79 Å². The van der Waals surface area contributed by atoms with E-state index >= 15 is 0 Å². The van der Waals surface area contributed by atoms with Gasteiger partial charge in [-0.15, -0.1) is 0 Å². The molecule has 0 unspecified atom stereocenters. The number of rotatable bonds is 5. The summed E-state index contributed by atoms with van der Waals surface area (Å²) in [7, 11) is 5.39. The zero-order valence-corrected chi connectivity index (χ0v) is 29.8. The van der Waals surface area contributed by atoms with E-state index in [9.17, 15) is 19.5 Å². The van der Waals surface area contributed by atoms with Crippen LogP contribution in [0.25, 0.3) is 0 Å². The lowest BCUT2D eigenvalue weighted by atomic mass is 9.73. The number of carbonyl (C=O) groups is 3. The Balaban J connectivity index is 1.83. The van der Waals surface area contributed by atoms with Crippen LogP contribution in [0.15, 0.2) is 4.99 Å². The number of aliphatic hydroxyl groups is 1. The molecule has 2 bridgehead atoms. The Kier molecular flexibility index (Phi) is 11.0. The topological polar surface area (TPSA) is 136 Å². The zero-order valence-electron chi connectivity index (χ0n) is 29.8. The Morgan fingerprint density at radius 3 is 2.30 bits per heavy atom. The molecule has 4 heterocycles. The van der Waals surface area contributed by atoms with Crippen LogP contribution >= 0.6 is 0 Å². The predicted molar refractivity (Wildman–Crippen MR) is 171 cm³/mol. The van der Waals surface area contributed by atoms with Gasteiger partial charge in [-0.25, -0.2) is 4.79 Å². The van der Waals surface area contributed by atoms with Crippen molar-refractivity contribution in [3.8, 4) is 0 Å². The molecule has 14 atom stereocenters. The molecule has 4 aliphatic heterocycles. The van der Waals surface area contributed by atoms with Crippen LogP contribution < -0.4 is 0 Å². The van der Waals surface area contributed by atoms with Gasteiger partial charge in [0.2, 0.25) is 0 Å². The van der Waals surface area contributed by atoms with Gasteiger partial charge < -0.3 is 33.7 Å². The first-order valence-electron chi connectivity index (χ1n) is 16.9. The van der Waals surface area contributed by atoms with Gasteiger partial charge in [-0.05, 0) is 73.9 Å². The van der Waals surface area contributed by atoms with Crippen molar-refractivity contribution in [2.75, 3.05) is 27.7 Å². The number of aliphatic imine (C=N–C) groups is 1. The Bertz CT molecular complexity index is 1180. The summed E-state index contributed by atoms with van der Waals surface area (Å²) in [5.74, 6) is -3.46. The number of Topliss-reactive ketones (excluding diaryl/α,β-unsaturated/α-hetero) is 1. The average molecular weight is 652 g/mol. The number of amides is 1. The number of methoxy groups -OCH3 is 1. The molecule has 0 radical (unpaired) electrons. The second-order valence-electron chi connectivity index (χ2n) is 14.8. The Morgan fingerprint density at radius 1 is 1.07 bits per heavy atom. The minimum absolute atomic E-state index is 0.163. The minimum Gasteiger partial charge on any atom is -0.458 e. The first-order valence-corrected chi connectivity index (χ1v) is 16.9. The lowest BCUT2D eigenvalue weighted by molar-refractivity contribution is -0.295. The number of fused-ring (bicyclic) bond motifs is 1. The number of esters is 1. The predicted octanol–water partition coefficient (Wildman–Crippen LogP) is 3.46. The number of ketones is 1. The SMILES string of the molecule is CC[C@@H]1OC(=O)[C@H](C)C(=O)[C@H](C)[C@H](O[C@@H]2O[C@H](C)C[C@H](N(C)C)[C@H]2O)[C@@](C)(OC)C[C@@H](C)C2=N[C@@H](C)CN3C(=O)O[C@@]1(C)[C@H]3[C@@H]2C. The molecular formula is C34H57N3O9. The highest BCUT2D eigenvalue weighted by Gasteiger charge is 2.60. The van der Waals surface area contributed by atoms with E-state index in [-0.39, 0.29) is 35.8 Å². The Hall–Kier alpha value is -2.12. The number of carbonyl (C=O) groups excluding carboxylic acids is 3. The number of aliphatic hydroxyl groups excluding tert-OH is 1. The molecule has 3 fully saturated rings. The molecule has 0 aromatic rings. The molecule has 12 heteroatoms. The summed E-state index contributed by atoms with van der Waals surface area (Å²) in [6.45, 7) is 17.3. The summed E-state index contributed by atoms with van der Waals surface area (Å²) in [4.78, 5) is 50.0. The van der Waals surface area contributed by atoms with Crippen molar-refractivity contribution in [2.45, 2.75) is 142 Å². The molecule has 4 rings (SSSR count). The van der Waals surface area contributed by atoms with Crippen LogP contribution in [-0.2, 0) is 33.3 Å². The van der Waals surface area contributed by atoms with Crippen LogP contribution in [0.2, 0.25) is 0 Å². The summed E-state index contributed by atoms with van der Waals surface area (Å²) in [6, 6.07) is -0.871. The largest absolute Gasteiger partial charge is 0.458 e. The molecule has 262 valence electrons. The third-order valence-electron chi connectivity index (χ3n) is 11.0. The number of ether oxygens (including phenoxy) is 5. The maximum Gasteiger partial charge on any atom is 0.411 e. The van der Waals surface area contributed by atoms with Gasteiger partial charge in [0.15, 0.2) is 17.7 Å². The minimum atomic E-state index is -1.16. The van der Waals surface area contributed by atoms with Crippen molar-refractivity contribution in [2.24, 2.45) is 28.7 Å². The molecule has 3 saturated heterocycles. The van der Waals surface area contributed by atoms with Gasteiger partial charge in [-0.3, -0.25) is 19.5 Å². The normalized spacial score (nSPS) is 45.9. The molecule has 0 saturated carbocycles. The Labute approximate surface area is 274 Å². The first-order chi connectivity index (χ1) is 21.4. The average Bonchev–Trinajstić information content (AvgIpc) is 3.15. The van der Waals surface area contributed by atoms with Gasteiger partial charge in [0.1, 0.15) is 18.1 Å². The van der Waals surface area contributed by atoms with E-state index in [1.165, 1.54) is 6.92 Å². The van der Waals surface area contributed by atoms with Crippen LogP contribution in [0.3, 0.4) is 0 Å². The summed E-state index contributed by atoms with van der Waals surface area (Å²) >= 11 is 0. The van der Waals surface area contributed by atoms with E-state index in [1.54, 1.807) is 18.9 Å². The summed E-state index contributed by atoms with van der Waals surface area (Å²) in [6.07, 6.45) is -2.95.